The van der Waals surface area contributed by atoms with Crippen LogP contribution < -0.4 is 0 Å². The average Bonchev–Trinajstić information content (AvgIpc) is 2.47. The van der Waals surface area contributed by atoms with Crippen LogP contribution in [0.2, 0.25) is 0 Å². The second-order valence-electron chi connectivity index (χ2n) is 6.13. The van der Waals surface area contributed by atoms with Crippen LogP contribution in [0.3, 0.4) is 0 Å². The summed E-state index contributed by atoms with van der Waals surface area (Å²) in [6, 6.07) is 14.9. The SMILES string of the molecule is Cc1ccc(C(O)CN2CCc3ccccc3C2)c(C)c1. The van der Waals surface area contributed by atoms with Gasteiger partial charge >= 0.3 is 0 Å². The van der Waals surface area contributed by atoms with E-state index in [1.807, 2.05) is 0 Å². The fourth-order valence-electron chi connectivity index (χ4n) is 3.25. The predicted octanol–water partition coefficient (Wildman–Crippen LogP) is 3.40. The number of benzene rings is 2. The van der Waals surface area contributed by atoms with Crippen molar-refractivity contribution >= 4 is 0 Å². The summed E-state index contributed by atoms with van der Waals surface area (Å²) in [5, 5.41) is 10.6. The topological polar surface area (TPSA) is 23.5 Å². The first-order valence-corrected chi connectivity index (χ1v) is 7.68. The highest BCUT2D eigenvalue weighted by Gasteiger charge is 2.19. The number of aliphatic hydroxyl groups is 1. The van der Waals surface area contributed by atoms with Crippen LogP contribution in [0.1, 0.15) is 33.9 Å². The molecule has 21 heavy (non-hydrogen) atoms. The van der Waals surface area contributed by atoms with Crippen LogP contribution in [0.15, 0.2) is 42.5 Å². The van der Waals surface area contributed by atoms with Gasteiger partial charge < -0.3 is 5.11 Å². The van der Waals surface area contributed by atoms with E-state index < -0.39 is 6.10 Å². The summed E-state index contributed by atoms with van der Waals surface area (Å²) in [6.45, 7) is 6.84. The molecule has 110 valence electrons. The van der Waals surface area contributed by atoms with Gasteiger partial charge in [-0.25, -0.2) is 0 Å². The lowest BCUT2D eigenvalue weighted by Gasteiger charge is -2.30. The lowest BCUT2D eigenvalue weighted by molar-refractivity contribution is 0.105. The minimum Gasteiger partial charge on any atom is -0.387 e. The third kappa shape index (κ3) is 3.17. The fraction of sp³-hybridized carbons (Fsp3) is 0.368. The molecule has 0 aromatic heterocycles. The van der Waals surface area contributed by atoms with Gasteiger partial charge in [0, 0.05) is 19.6 Å². The van der Waals surface area contributed by atoms with Crippen molar-refractivity contribution in [1.29, 1.82) is 0 Å². The number of aliphatic hydroxyl groups excluding tert-OH is 1. The summed E-state index contributed by atoms with van der Waals surface area (Å²) in [7, 11) is 0. The smallest absolute Gasteiger partial charge is 0.0919 e. The molecular formula is C19H23NO. The summed E-state index contributed by atoms with van der Waals surface area (Å²) in [6.07, 6.45) is 0.673. The standard InChI is InChI=1S/C19H23NO/c1-14-7-8-18(15(2)11-14)19(21)13-20-10-9-16-5-3-4-6-17(16)12-20/h3-8,11,19,21H,9-10,12-13H2,1-2H3. The number of rotatable bonds is 3. The molecule has 1 unspecified atom stereocenters. The Labute approximate surface area is 127 Å². The molecule has 0 amide bonds. The molecule has 0 saturated carbocycles. The molecule has 2 heteroatoms. The van der Waals surface area contributed by atoms with Crippen molar-refractivity contribution < 1.29 is 5.11 Å². The van der Waals surface area contributed by atoms with E-state index in [9.17, 15) is 5.11 Å². The van der Waals surface area contributed by atoms with Crippen molar-refractivity contribution in [2.45, 2.75) is 32.9 Å². The maximum Gasteiger partial charge on any atom is 0.0919 e. The van der Waals surface area contributed by atoms with Gasteiger partial charge in [0.25, 0.3) is 0 Å². The number of fused-ring (bicyclic) bond motifs is 1. The molecule has 3 rings (SSSR count). The van der Waals surface area contributed by atoms with Gasteiger partial charge in [-0.15, -0.1) is 0 Å². The quantitative estimate of drug-likeness (QED) is 0.932. The minimum atomic E-state index is -0.407. The summed E-state index contributed by atoms with van der Waals surface area (Å²) in [5.74, 6) is 0. The zero-order valence-electron chi connectivity index (χ0n) is 12.8. The van der Waals surface area contributed by atoms with E-state index in [1.54, 1.807) is 0 Å². The third-order valence-electron chi connectivity index (χ3n) is 4.43. The lowest BCUT2D eigenvalue weighted by Crippen LogP contribution is -2.34. The Hall–Kier alpha value is -1.64. The van der Waals surface area contributed by atoms with Gasteiger partial charge in [0.05, 0.1) is 6.10 Å². The van der Waals surface area contributed by atoms with E-state index in [-0.39, 0.29) is 0 Å². The first-order chi connectivity index (χ1) is 10.1. The molecule has 1 aliphatic heterocycles. The van der Waals surface area contributed by atoms with Crippen LogP contribution in [0.25, 0.3) is 0 Å². The Morgan fingerprint density at radius 2 is 1.86 bits per heavy atom. The zero-order valence-corrected chi connectivity index (χ0v) is 12.8. The summed E-state index contributed by atoms with van der Waals surface area (Å²) < 4.78 is 0. The largest absolute Gasteiger partial charge is 0.387 e. The van der Waals surface area contributed by atoms with Crippen molar-refractivity contribution in [1.82, 2.24) is 4.90 Å². The molecule has 2 aromatic carbocycles. The van der Waals surface area contributed by atoms with Gasteiger partial charge in [-0.1, -0.05) is 48.0 Å². The Bertz CT molecular complexity index is 635. The molecule has 1 N–H and O–H groups in total. The zero-order chi connectivity index (χ0) is 14.8. The summed E-state index contributed by atoms with van der Waals surface area (Å²) in [4.78, 5) is 2.35. The Morgan fingerprint density at radius 1 is 1.10 bits per heavy atom. The molecule has 0 bridgehead atoms. The normalized spacial score (nSPS) is 16.5. The van der Waals surface area contributed by atoms with Crippen molar-refractivity contribution in [3.05, 3.63) is 70.3 Å². The number of hydrogen-bond donors (Lipinski definition) is 1. The van der Waals surface area contributed by atoms with Gasteiger partial charge in [-0.3, -0.25) is 4.90 Å². The van der Waals surface area contributed by atoms with Crippen molar-refractivity contribution in [3.8, 4) is 0 Å². The third-order valence-corrected chi connectivity index (χ3v) is 4.43. The van der Waals surface area contributed by atoms with Gasteiger partial charge in [-0.2, -0.15) is 0 Å². The summed E-state index contributed by atoms with van der Waals surface area (Å²) in [5.41, 5.74) is 6.33. The van der Waals surface area contributed by atoms with Crippen LogP contribution in [-0.4, -0.2) is 23.1 Å². The fourth-order valence-corrected chi connectivity index (χ4v) is 3.25. The van der Waals surface area contributed by atoms with Gasteiger partial charge in [-0.05, 0) is 42.5 Å². The summed E-state index contributed by atoms with van der Waals surface area (Å²) >= 11 is 0. The molecule has 1 heterocycles. The van der Waals surface area contributed by atoms with E-state index in [0.29, 0.717) is 6.54 Å². The van der Waals surface area contributed by atoms with Crippen molar-refractivity contribution in [2.75, 3.05) is 13.1 Å². The first-order valence-electron chi connectivity index (χ1n) is 7.68. The molecule has 2 nitrogen and oxygen atoms in total. The molecule has 0 fully saturated rings. The average molecular weight is 281 g/mol. The number of aryl methyl sites for hydroxylation is 2. The van der Waals surface area contributed by atoms with Crippen LogP contribution in [0.5, 0.6) is 0 Å². The maximum absolute atomic E-state index is 10.6. The monoisotopic (exact) mass is 281 g/mol. The maximum atomic E-state index is 10.6. The Kier molecular flexibility index (Phi) is 4.09. The molecule has 2 aromatic rings. The number of nitrogens with zero attached hydrogens (tertiary/aromatic N) is 1. The van der Waals surface area contributed by atoms with Gasteiger partial charge in [0.1, 0.15) is 0 Å². The van der Waals surface area contributed by atoms with E-state index in [4.69, 9.17) is 0 Å². The molecule has 0 radical (unpaired) electrons. The first kappa shape index (κ1) is 14.3. The van der Waals surface area contributed by atoms with E-state index >= 15 is 0 Å². The van der Waals surface area contributed by atoms with Crippen LogP contribution in [0, 0.1) is 13.8 Å². The van der Waals surface area contributed by atoms with E-state index in [0.717, 1.165) is 25.1 Å². The highest BCUT2D eigenvalue weighted by Crippen LogP contribution is 2.23. The van der Waals surface area contributed by atoms with E-state index in [1.165, 1.54) is 22.3 Å². The second-order valence-corrected chi connectivity index (χ2v) is 6.13. The Balaban J connectivity index is 1.70. The van der Waals surface area contributed by atoms with Crippen LogP contribution >= 0.6 is 0 Å². The van der Waals surface area contributed by atoms with E-state index in [2.05, 4.69) is 61.2 Å². The van der Waals surface area contributed by atoms with Crippen molar-refractivity contribution in [2.24, 2.45) is 0 Å². The van der Waals surface area contributed by atoms with Crippen molar-refractivity contribution in [3.63, 3.8) is 0 Å². The minimum absolute atomic E-state index is 0.407. The molecule has 0 saturated heterocycles. The lowest BCUT2D eigenvalue weighted by atomic mass is 9.97. The Morgan fingerprint density at radius 3 is 2.62 bits per heavy atom. The number of hydrogen-bond acceptors (Lipinski definition) is 2. The second kappa shape index (κ2) is 6.00. The van der Waals surface area contributed by atoms with Crippen LogP contribution in [0.4, 0.5) is 0 Å². The molecule has 1 atom stereocenters. The molecular weight excluding hydrogens is 258 g/mol. The molecule has 1 aliphatic rings. The predicted molar refractivity (Wildman–Crippen MR) is 86.3 cm³/mol. The van der Waals surface area contributed by atoms with Gasteiger partial charge in [0.15, 0.2) is 0 Å². The van der Waals surface area contributed by atoms with Crippen LogP contribution in [-0.2, 0) is 13.0 Å². The molecule has 0 aliphatic carbocycles. The molecule has 0 spiro atoms. The van der Waals surface area contributed by atoms with Gasteiger partial charge in [0.2, 0.25) is 0 Å². The number of β-amino-alcohol motifs (C(OH)–C–C–N with tert-alkyl or cyclic N) is 1. The highest BCUT2D eigenvalue weighted by atomic mass is 16.3. The highest BCUT2D eigenvalue weighted by molar-refractivity contribution is 5.33.